The molecule has 0 saturated carbocycles. The molecule has 1 aliphatic rings. The predicted molar refractivity (Wildman–Crippen MR) is 95.1 cm³/mol. The number of halogens is 3. The number of thioether (sulfide) groups is 1. The Morgan fingerprint density at radius 1 is 1.24 bits per heavy atom. The Kier molecular flexibility index (Phi) is 4.75. The highest BCUT2D eigenvalue weighted by molar-refractivity contribution is 8.19. The van der Waals surface area contributed by atoms with E-state index in [1.165, 1.54) is 29.2 Å². The van der Waals surface area contributed by atoms with Crippen LogP contribution in [0.5, 0.6) is 0 Å². The smallest absolute Gasteiger partial charge is 0.417 e. The van der Waals surface area contributed by atoms with Crippen LogP contribution in [0, 0.1) is 0 Å². The first-order chi connectivity index (χ1) is 11.8. The maximum Gasteiger partial charge on any atom is 0.417 e. The number of alkyl halides is 3. The summed E-state index contributed by atoms with van der Waals surface area (Å²) in [6, 6.07) is 8.24. The van der Waals surface area contributed by atoms with E-state index in [0.29, 0.717) is 22.2 Å². The molecule has 3 rings (SSSR count). The van der Waals surface area contributed by atoms with Crippen molar-refractivity contribution in [2.45, 2.75) is 13.1 Å². The molecule has 1 saturated heterocycles. The third-order valence-corrected chi connectivity index (χ3v) is 5.08. The molecule has 130 valence electrons. The Labute approximate surface area is 151 Å². The molecule has 0 bridgehead atoms. The highest BCUT2D eigenvalue weighted by atomic mass is 32.2. The Morgan fingerprint density at radius 3 is 2.60 bits per heavy atom. The zero-order chi connectivity index (χ0) is 18.2. The second kappa shape index (κ2) is 6.68. The SMILES string of the molecule is CCN1C(=O)S/C(=C\c2ccc(-c3ccccc3C(F)(F)F)o2)C1=S. The van der Waals surface area contributed by atoms with Crippen LogP contribution in [-0.2, 0) is 6.18 Å². The van der Waals surface area contributed by atoms with Crippen LogP contribution >= 0.6 is 24.0 Å². The second-order valence-corrected chi connectivity index (χ2v) is 6.55. The zero-order valence-corrected chi connectivity index (χ0v) is 14.6. The van der Waals surface area contributed by atoms with E-state index in [-0.39, 0.29) is 16.6 Å². The maximum absolute atomic E-state index is 13.1. The van der Waals surface area contributed by atoms with Gasteiger partial charge in [-0.25, -0.2) is 0 Å². The van der Waals surface area contributed by atoms with Gasteiger partial charge in [0, 0.05) is 12.1 Å². The lowest BCUT2D eigenvalue weighted by atomic mass is 10.1. The molecule has 1 aromatic heterocycles. The normalized spacial score (nSPS) is 17.0. The third-order valence-electron chi connectivity index (χ3n) is 3.59. The van der Waals surface area contributed by atoms with Gasteiger partial charge < -0.3 is 4.42 Å². The molecule has 2 aromatic rings. The van der Waals surface area contributed by atoms with Crippen molar-refractivity contribution in [3.63, 3.8) is 0 Å². The number of likely N-dealkylation sites (N-methyl/N-ethyl adjacent to an activating group) is 1. The minimum absolute atomic E-state index is 0.0347. The molecule has 1 fully saturated rings. The van der Waals surface area contributed by atoms with Gasteiger partial charge in [0.2, 0.25) is 0 Å². The molecular weight excluding hydrogens is 371 g/mol. The van der Waals surface area contributed by atoms with Crippen molar-refractivity contribution in [3.8, 4) is 11.3 Å². The van der Waals surface area contributed by atoms with E-state index in [4.69, 9.17) is 16.6 Å². The van der Waals surface area contributed by atoms with Crippen LogP contribution in [0.3, 0.4) is 0 Å². The Balaban J connectivity index is 1.94. The summed E-state index contributed by atoms with van der Waals surface area (Å²) < 4.78 is 44.9. The first kappa shape index (κ1) is 17.8. The van der Waals surface area contributed by atoms with Gasteiger partial charge in [0.25, 0.3) is 5.24 Å². The lowest BCUT2D eigenvalue weighted by molar-refractivity contribution is -0.137. The second-order valence-electron chi connectivity index (χ2n) is 5.17. The topological polar surface area (TPSA) is 33.5 Å². The summed E-state index contributed by atoms with van der Waals surface area (Å²) in [6.45, 7) is 2.27. The molecule has 2 heterocycles. The molecule has 0 aliphatic carbocycles. The predicted octanol–water partition coefficient (Wildman–Crippen LogP) is 5.82. The lowest BCUT2D eigenvalue weighted by Gasteiger charge is -2.10. The van der Waals surface area contributed by atoms with Gasteiger partial charge in [0.15, 0.2) is 0 Å². The van der Waals surface area contributed by atoms with Gasteiger partial charge in [-0.1, -0.05) is 30.4 Å². The average Bonchev–Trinajstić information content (AvgIpc) is 3.12. The van der Waals surface area contributed by atoms with Gasteiger partial charge in [-0.2, -0.15) is 13.2 Å². The highest BCUT2D eigenvalue weighted by Gasteiger charge is 2.34. The van der Waals surface area contributed by atoms with Gasteiger partial charge in [0.05, 0.1) is 10.5 Å². The molecule has 0 unspecified atom stereocenters. The molecule has 1 aliphatic heterocycles. The molecule has 1 amide bonds. The van der Waals surface area contributed by atoms with Crippen molar-refractivity contribution < 1.29 is 22.4 Å². The Bertz CT molecular complexity index is 871. The summed E-state index contributed by atoms with van der Waals surface area (Å²) >= 11 is 6.21. The van der Waals surface area contributed by atoms with Gasteiger partial charge in [0.1, 0.15) is 16.5 Å². The molecule has 0 atom stereocenters. The summed E-state index contributed by atoms with van der Waals surface area (Å²) in [7, 11) is 0. The van der Waals surface area contributed by atoms with E-state index < -0.39 is 11.7 Å². The van der Waals surface area contributed by atoms with Crippen molar-refractivity contribution in [2.75, 3.05) is 6.54 Å². The van der Waals surface area contributed by atoms with Gasteiger partial charge in [-0.3, -0.25) is 9.69 Å². The van der Waals surface area contributed by atoms with E-state index in [1.807, 2.05) is 6.92 Å². The van der Waals surface area contributed by atoms with Crippen molar-refractivity contribution in [2.24, 2.45) is 0 Å². The van der Waals surface area contributed by atoms with Crippen LogP contribution in [0.4, 0.5) is 18.0 Å². The number of carbonyl (C=O) groups is 1. The number of thiocarbonyl (C=S) groups is 1. The number of benzene rings is 1. The summed E-state index contributed by atoms with van der Waals surface area (Å²) in [4.78, 5) is 14.2. The van der Waals surface area contributed by atoms with E-state index in [9.17, 15) is 18.0 Å². The van der Waals surface area contributed by atoms with E-state index in [0.717, 1.165) is 17.8 Å². The number of rotatable bonds is 3. The van der Waals surface area contributed by atoms with Crippen LogP contribution in [0.15, 0.2) is 45.7 Å². The van der Waals surface area contributed by atoms with E-state index in [1.54, 1.807) is 12.1 Å². The van der Waals surface area contributed by atoms with Crippen molar-refractivity contribution in [1.29, 1.82) is 0 Å². The lowest BCUT2D eigenvalue weighted by Crippen LogP contribution is -2.26. The summed E-state index contributed by atoms with van der Waals surface area (Å²) in [6.07, 6.45) is -2.90. The monoisotopic (exact) mass is 383 g/mol. The Hall–Kier alpha value is -2.06. The number of hydrogen-bond donors (Lipinski definition) is 0. The first-order valence-electron chi connectivity index (χ1n) is 7.33. The summed E-state index contributed by atoms with van der Waals surface area (Å²) in [5.41, 5.74) is -0.797. The third kappa shape index (κ3) is 3.50. The Morgan fingerprint density at radius 2 is 1.96 bits per heavy atom. The first-order valence-corrected chi connectivity index (χ1v) is 8.55. The molecule has 0 N–H and O–H groups in total. The highest BCUT2D eigenvalue weighted by Crippen LogP contribution is 2.38. The number of amides is 1. The van der Waals surface area contributed by atoms with Crippen LogP contribution in [0.1, 0.15) is 18.2 Å². The minimum atomic E-state index is -4.47. The zero-order valence-electron chi connectivity index (χ0n) is 13.0. The van der Waals surface area contributed by atoms with Crippen molar-refractivity contribution >= 4 is 40.3 Å². The van der Waals surface area contributed by atoms with Crippen LogP contribution in [0.2, 0.25) is 0 Å². The summed E-state index contributed by atoms with van der Waals surface area (Å²) in [5.74, 6) is 0.440. The van der Waals surface area contributed by atoms with Gasteiger partial charge in [-0.15, -0.1) is 0 Å². The molecule has 0 radical (unpaired) electrons. The molecule has 0 spiro atoms. The standard InChI is InChI=1S/C17H12F3NO2S2/c1-2-21-15(24)14(25-16(21)22)9-10-7-8-13(23-10)11-5-3-4-6-12(11)17(18,19)20/h3-9H,2H2,1H3/b14-9-. The largest absolute Gasteiger partial charge is 0.457 e. The van der Waals surface area contributed by atoms with E-state index >= 15 is 0 Å². The molecule has 1 aromatic carbocycles. The van der Waals surface area contributed by atoms with Crippen molar-refractivity contribution in [3.05, 3.63) is 52.6 Å². The minimum Gasteiger partial charge on any atom is -0.457 e. The quantitative estimate of drug-likeness (QED) is 0.494. The number of hydrogen-bond acceptors (Lipinski definition) is 4. The number of furan rings is 1. The fourth-order valence-electron chi connectivity index (χ4n) is 2.42. The van der Waals surface area contributed by atoms with Gasteiger partial charge in [-0.05, 0) is 43.0 Å². The van der Waals surface area contributed by atoms with Gasteiger partial charge >= 0.3 is 6.18 Å². The number of nitrogens with zero attached hydrogens (tertiary/aromatic N) is 1. The summed E-state index contributed by atoms with van der Waals surface area (Å²) in [5, 5.41) is -0.173. The molecular formula is C17H12F3NO2S2. The molecule has 25 heavy (non-hydrogen) atoms. The average molecular weight is 383 g/mol. The molecule has 8 heteroatoms. The fourth-order valence-corrected chi connectivity index (χ4v) is 3.77. The fraction of sp³-hybridized carbons (Fsp3) is 0.176. The maximum atomic E-state index is 13.1. The number of carbonyl (C=O) groups excluding carboxylic acids is 1. The van der Waals surface area contributed by atoms with Crippen molar-refractivity contribution in [1.82, 2.24) is 4.90 Å². The molecule has 3 nitrogen and oxygen atoms in total. The van der Waals surface area contributed by atoms with E-state index in [2.05, 4.69) is 0 Å². The van der Waals surface area contributed by atoms with Crippen LogP contribution < -0.4 is 0 Å². The van der Waals surface area contributed by atoms with Crippen LogP contribution in [0.25, 0.3) is 17.4 Å². The van der Waals surface area contributed by atoms with Crippen LogP contribution in [-0.4, -0.2) is 21.7 Å².